The maximum Gasteiger partial charge on any atom is 0.194 e. The van der Waals surface area contributed by atoms with Gasteiger partial charge in [-0.1, -0.05) is 19.3 Å². The van der Waals surface area contributed by atoms with Crippen LogP contribution in [0.15, 0.2) is 4.99 Å². The lowest BCUT2D eigenvalue weighted by Crippen LogP contribution is -2.53. The normalized spacial score (nSPS) is 22.7. The summed E-state index contributed by atoms with van der Waals surface area (Å²) in [6, 6.07) is 0. The minimum absolute atomic E-state index is 0. The van der Waals surface area contributed by atoms with Crippen LogP contribution in [0.25, 0.3) is 0 Å². The van der Waals surface area contributed by atoms with Gasteiger partial charge in [0.15, 0.2) is 11.8 Å². The SMILES string of the molecule is CN=C(NCc1nnc2n1CCCC2)N1CCSC2(CCCCC2)C1.I. The van der Waals surface area contributed by atoms with E-state index in [1.165, 1.54) is 50.7 Å². The van der Waals surface area contributed by atoms with Crippen LogP contribution in [0.1, 0.15) is 56.6 Å². The molecule has 1 saturated carbocycles. The summed E-state index contributed by atoms with van der Waals surface area (Å²) in [5, 5.41) is 12.3. The van der Waals surface area contributed by atoms with Crippen LogP contribution in [0.3, 0.4) is 0 Å². The number of aromatic nitrogens is 3. The Bertz CT molecular complexity index is 620. The Balaban J connectivity index is 0.00000196. The number of fused-ring (bicyclic) bond motifs is 1. The number of halogens is 1. The molecule has 3 heterocycles. The molecule has 146 valence electrons. The summed E-state index contributed by atoms with van der Waals surface area (Å²) < 4.78 is 2.75. The first-order valence-corrected chi connectivity index (χ1v) is 10.8. The first-order valence-electron chi connectivity index (χ1n) is 9.80. The fraction of sp³-hybridized carbons (Fsp3) is 0.833. The largest absolute Gasteiger partial charge is 0.349 e. The zero-order valence-electron chi connectivity index (χ0n) is 15.7. The number of hydrogen-bond acceptors (Lipinski definition) is 4. The average Bonchev–Trinajstić information content (AvgIpc) is 3.06. The van der Waals surface area contributed by atoms with Crippen LogP contribution in [0.2, 0.25) is 0 Å². The summed E-state index contributed by atoms with van der Waals surface area (Å²) >= 11 is 2.20. The number of aliphatic imine (C=N–C) groups is 1. The molecule has 6 nitrogen and oxygen atoms in total. The van der Waals surface area contributed by atoms with E-state index < -0.39 is 0 Å². The van der Waals surface area contributed by atoms with Crippen molar-refractivity contribution in [1.29, 1.82) is 0 Å². The lowest BCUT2D eigenvalue weighted by Gasteiger charge is -2.45. The van der Waals surface area contributed by atoms with Gasteiger partial charge in [0.05, 0.1) is 6.54 Å². The van der Waals surface area contributed by atoms with E-state index in [1.807, 2.05) is 7.05 Å². The van der Waals surface area contributed by atoms with Crippen molar-refractivity contribution in [1.82, 2.24) is 25.0 Å². The number of thioether (sulfide) groups is 1. The maximum absolute atomic E-state index is 4.57. The molecule has 1 N–H and O–H groups in total. The second-order valence-corrected chi connectivity index (χ2v) is 9.12. The molecular formula is C18H31IN6S. The summed E-state index contributed by atoms with van der Waals surface area (Å²) in [7, 11) is 1.90. The molecule has 0 amide bonds. The molecule has 0 atom stereocenters. The third-order valence-corrected chi connectivity index (χ3v) is 7.40. The zero-order chi connectivity index (χ0) is 17.1. The van der Waals surface area contributed by atoms with Crippen molar-refractivity contribution in [3.63, 3.8) is 0 Å². The van der Waals surface area contributed by atoms with Crippen molar-refractivity contribution in [3.05, 3.63) is 11.6 Å². The van der Waals surface area contributed by atoms with Crippen LogP contribution in [0.4, 0.5) is 0 Å². The van der Waals surface area contributed by atoms with E-state index in [-0.39, 0.29) is 24.0 Å². The molecule has 0 aromatic carbocycles. The van der Waals surface area contributed by atoms with Gasteiger partial charge in [-0.05, 0) is 25.7 Å². The van der Waals surface area contributed by atoms with Gasteiger partial charge in [-0.25, -0.2) is 0 Å². The number of hydrogen-bond donors (Lipinski definition) is 1. The highest BCUT2D eigenvalue weighted by atomic mass is 127. The molecular weight excluding hydrogens is 459 g/mol. The van der Waals surface area contributed by atoms with E-state index in [9.17, 15) is 0 Å². The topological polar surface area (TPSA) is 58.3 Å². The number of rotatable bonds is 2. The smallest absolute Gasteiger partial charge is 0.194 e. The number of guanidine groups is 1. The van der Waals surface area contributed by atoms with Crippen LogP contribution >= 0.6 is 35.7 Å². The number of nitrogens with one attached hydrogen (secondary N) is 1. The molecule has 1 spiro atoms. The van der Waals surface area contributed by atoms with Crippen LogP contribution in [-0.4, -0.2) is 56.3 Å². The Morgan fingerprint density at radius 1 is 1.15 bits per heavy atom. The molecule has 1 aromatic heterocycles. The fourth-order valence-corrected chi connectivity index (χ4v) is 6.08. The maximum atomic E-state index is 4.57. The van der Waals surface area contributed by atoms with E-state index in [2.05, 4.69) is 41.7 Å². The Morgan fingerprint density at radius 2 is 2.00 bits per heavy atom. The Labute approximate surface area is 178 Å². The predicted octanol–water partition coefficient (Wildman–Crippen LogP) is 3.06. The van der Waals surface area contributed by atoms with Gasteiger partial charge in [-0.3, -0.25) is 4.99 Å². The number of aryl methyl sites for hydroxylation is 1. The van der Waals surface area contributed by atoms with Gasteiger partial charge in [0, 0.05) is 43.6 Å². The first kappa shape index (κ1) is 20.2. The highest BCUT2D eigenvalue weighted by Crippen LogP contribution is 2.42. The molecule has 4 rings (SSSR count). The molecule has 0 bridgehead atoms. The Kier molecular flexibility index (Phi) is 7.10. The molecule has 1 aliphatic carbocycles. The predicted molar refractivity (Wildman–Crippen MR) is 118 cm³/mol. The van der Waals surface area contributed by atoms with Crippen molar-refractivity contribution >= 4 is 41.7 Å². The summed E-state index contributed by atoms with van der Waals surface area (Å²) in [5.41, 5.74) is 0. The third-order valence-electron chi connectivity index (χ3n) is 5.87. The van der Waals surface area contributed by atoms with Gasteiger partial charge in [0.25, 0.3) is 0 Å². The molecule has 8 heteroatoms. The monoisotopic (exact) mass is 490 g/mol. The third kappa shape index (κ3) is 4.31. The van der Waals surface area contributed by atoms with E-state index in [0.29, 0.717) is 4.75 Å². The van der Waals surface area contributed by atoms with Crippen molar-refractivity contribution in [2.75, 3.05) is 25.9 Å². The number of nitrogens with zero attached hydrogens (tertiary/aromatic N) is 5. The lowest BCUT2D eigenvalue weighted by atomic mass is 9.87. The van der Waals surface area contributed by atoms with Crippen LogP contribution < -0.4 is 5.32 Å². The van der Waals surface area contributed by atoms with Crippen molar-refractivity contribution in [3.8, 4) is 0 Å². The minimum atomic E-state index is 0. The Hall–Kier alpha value is -0.510. The summed E-state index contributed by atoms with van der Waals surface area (Å²) in [5.74, 6) is 4.43. The van der Waals surface area contributed by atoms with Crippen molar-refractivity contribution in [2.45, 2.75) is 69.2 Å². The molecule has 1 saturated heterocycles. The molecule has 0 unspecified atom stereocenters. The summed E-state index contributed by atoms with van der Waals surface area (Å²) in [6.45, 7) is 4.00. The van der Waals surface area contributed by atoms with Crippen molar-refractivity contribution < 1.29 is 0 Å². The van der Waals surface area contributed by atoms with Gasteiger partial charge in [-0.15, -0.1) is 34.2 Å². The van der Waals surface area contributed by atoms with Crippen LogP contribution in [0.5, 0.6) is 0 Å². The highest BCUT2D eigenvalue weighted by molar-refractivity contribution is 14.0. The Morgan fingerprint density at radius 3 is 2.81 bits per heavy atom. The van der Waals surface area contributed by atoms with E-state index >= 15 is 0 Å². The minimum Gasteiger partial charge on any atom is -0.349 e. The molecule has 2 aliphatic heterocycles. The van der Waals surface area contributed by atoms with Gasteiger partial charge in [0.1, 0.15) is 5.82 Å². The van der Waals surface area contributed by atoms with Crippen LogP contribution in [0, 0.1) is 0 Å². The second-order valence-electron chi connectivity index (χ2n) is 7.56. The zero-order valence-corrected chi connectivity index (χ0v) is 18.9. The molecule has 3 aliphatic rings. The summed E-state index contributed by atoms with van der Waals surface area (Å²) in [4.78, 5) is 7.03. The quantitative estimate of drug-likeness (QED) is 0.393. The lowest BCUT2D eigenvalue weighted by molar-refractivity contribution is 0.293. The van der Waals surface area contributed by atoms with E-state index in [4.69, 9.17) is 0 Å². The van der Waals surface area contributed by atoms with Crippen LogP contribution in [-0.2, 0) is 19.5 Å². The summed E-state index contributed by atoms with van der Waals surface area (Å²) in [6.07, 6.45) is 10.4. The average molecular weight is 490 g/mol. The van der Waals surface area contributed by atoms with Gasteiger partial charge < -0.3 is 14.8 Å². The standard InChI is InChI=1S/C18H30N6S.HI/c1-19-17(20-13-16-22-21-15-7-3-6-10-24(15)16)23-11-12-25-18(14-23)8-4-2-5-9-18;/h2-14H2,1H3,(H,19,20);1H. The second kappa shape index (κ2) is 9.12. The van der Waals surface area contributed by atoms with Gasteiger partial charge in [0.2, 0.25) is 0 Å². The highest BCUT2D eigenvalue weighted by Gasteiger charge is 2.38. The van der Waals surface area contributed by atoms with Gasteiger partial charge in [-0.2, -0.15) is 11.8 Å². The van der Waals surface area contributed by atoms with Gasteiger partial charge >= 0.3 is 0 Å². The first-order chi connectivity index (χ1) is 12.3. The molecule has 2 fully saturated rings. The fourth-order valence-electron chi connectivity index (χ4n) is 4.51. The van der Waals surface area contributed by atoms with Crippen molar-refractivity contribution in [2.24, 2.45) is 4.99 Å². The molecule has 1 aromatic rings. The molecule has 26 heavy (non-hydrogen) atoms. The molecule has 0 radical (unpaired) electrons. The van der Waals surface area contributed by atoms with E-state index in [1.54, 1.807) is 0 Å². The van der Waals surface area contributed by atoms with E-state index in [0.717, 1.165) is 50.2 Å².